The molecule has 0 N–H and O–H groups in total. The van der Waals surface area contributed by atoms with Crippen LogP contribution in [0.3, 0.4) is 0 Å². The molecule has 2 aromatic heterocycles. The van der Waals surface area contributed by atoms with Gasteiger partial charge in [0.15, 0.2) is 5.82 Å². The number of hydrogen-bond acceptors (Lipinski definition) is 4. The van der Waals surface area contributed by atoms with Crippen LogP contribution in [-0.4, -0.2) is 20.5 Å². The molecule has 2 aliphatic rings. The van der Waals surface area contributed by atoms with E-state index in [0.29, 0.717) is 0 Å². The fourth-order valence-corrected chi connectivity index (χ4v) is 5.54. The minimum atomic E-state index is -0.0171. The van der Waals surface area contributed by atoms with Crippen molar-refractivity contribution in [3.8, 4) is 5.00 Å². The number of hydrogen-bond donors (Lipinski definition) is 0. The molecule has 1 aliphatic heterocycles. The minimum absolute atomic E-state index is 0.0171. The van der Waals surface area contributed by atoms with Crippen molar-refractivity contribution in [2.75, 3.05) is 0 Å². The number of benzene rings is 1. The fraction of sp³-hybridized carbons (Fsp3) is 0.316. The van der Waals surface area contributed by atoms with Crippen LogP contribution in [0.2, 0.25) is 0 Å². The molecule has 0 spiro atoms. The maximum Gasteiger partial charge on any atom is 0.162 e. The zero-order chi connectivity index (χ0) is 17.1. The van der Waals surface area contributed by atoms with Gasteiger partial charge in [0.1, 0.15) is 16.9 Å². The highest BCUT2D eigenvalue weighted by atomic mass is 79.9. The number of aryl methyl sites for hydroxylation is 2. The van der Waals surface area contributed by atoms with Crippen molar-refractivity contribution in [3.63, 3.8) is 0 Å². The molecule has 3 heterocycles. The SMILES string of the molecule is Cc1nnc2n1-c1sc3c(c1C(c1ccc(Br)cc1)=N[C@H]2C)CCC3. The van der Waals surface area contributed by atoms with Crippen molar-refractivity contribution >= 4 is 33.0 Å². The zero-order valence-electron chi connectivity index (χ0n) is 14.1. The lowest BCUT2D eigenvalue weighted by molar-refractivity contribution is 0.724. The maximum absolute atomic E-state index is 5.11. The predicted octanol–water partition coefficient (Wildman–Crippen LogP) is 4.80. The van der Waals surface area contributed by atoms with Gasteiger partial charge >= 0.3 is 0 Å². The van der Waals surface area contributed by atoms with Crippen molar-refractivity contribution in [2.24, 2.45) is 4.99 Å². The summed E-state index contributed by atoms with van der Waals surface area (Å²) in [6, 6.07) is 8.46. The number of aliphatic imine (C=N–C) groups is 1. The number of rotatable bonds is 1. The smallest absolute Gasteiger partial charge is 0.162 e. The molecule has 6 heteroatoms. The van der Waals surface area contributed by atoms with Gasteiger partial charge in [-0.3, -0.25) is 9.56 Å². The molecular weight excluding hydrogens is 396 g/mol. The molecule has 3 aromatic rings. The van der Waals surface area contributed by atoms with E-state index in [-0.39, 0.29) is 6.04 Å². The summed E-state index contributed by atoms with van der Waals surface area (Å²) >= 11 is 5.43. The van der Waals surface area contributed by atoms with Crippen LogP contribution < -0.4 is 0 Å². The highest BCUT2D eigenvalue weighted by molar-refractivity contribution is 9.10. The Kier molecular flexibility index (Phi) is 3.47. The van der Waals surface area contributed by atoms with E-state index in [1.54, 1.807) is 0 Å². The van der Waals surface area contributed by atoms with Crippen LogP contribution in [0.15, 0.2) is 33.7 Å². The summed E-state index contributed by atoms with van der Waals surface area (Å²) in [5.74, 6) is 1.88. The van der Waals surface area contributed by atoms with Gasteiger partial charge in [0.05, 0.1) is 5.71 Å². The van der Waals surface area contributed by atoms with E-state index in [4.69, 9.17) is 4.99 Å². The van der Waals surface area contributed by atoms with Crippen LogP contribution in [0.1, 0.15) is 52.6 Å². The highest BCUT2D eigenvalue weighted by Crippen LogP contribution is 2.42. The first-order chi connectivity index (χ1) is 12.1. The Morgan fingerprint density at radius 1 is 1.16 bits per heavy atom. The molecule has 5 rings (SSSR count). The minimum Gasteiger partial charge on any atom is -0.273 e. The molecule has 0 saturated carbocycles. The molecule has 0 bridgehead atoms. The molecule has 0 saturated heterocycles. The van der Waals surface area contributed by atoms with E-state index < -0.39 is 0 Å². The van der Waals surface area contributed by atoms with Crippen LogP contribution in [0.4, 0.5) is 0 Å². The summed E-state index contributed by atoms with van der Waals surface area (Å²) < 4.78 is 3.31. The van der Waals surface area contributed by atoms with E-state index in [2.05, 4.69) is 61.9 Å². The van der Waals surface area contributed by atoms with Crippen molar-refractivity contribution in [2.45, 2.75) is 39.2 Å². The first-order valence-corrected chi connectivity index (χ1v) is 10.2. The fourth-order valence-electron chi connectivity index (χ4n) is 3.83. The van der Waals surface area contributed by atoms with Crippen LogP contribution in [-0.2, 0) is 12.8 Å². The van der Waals surface area contributed by atoms with Gasteiger partial charge in [0.2, 0.25) is 0 Å². The molecule has 0 fully saturated rings. The Morgan fingerprint density at radius 3 is 2.76 bits per heavy atom. The van der Waals surface area contributed by atoms with Gasteiger partial charge < -0.3 is 0 Å². The average molecular weight is 413 g/mol. The van der Waals surface area contributed by atoms with Crippen LogP contribution in [0.25, 0.3) is 5.00 Å². The summed E-state index contributed by atoms with van der Waals surface area (Å²) in [7, 11) is 0. The second-order valence-corrected chi connectivity index (χ2v) is 8.64. The van der Waals surface area contributed by atoms with Gasteiger partial charge in [-0.25, -0.2) is 0 Å². The Bertz CT molecular complexity index is 1010. The van der Waals surface area contributed by atoms with Crippen LogP contribution >= 0.6 is 27.3 Å². The third kappa shape index (κ3) is 2.27. The summed E-state index contributed by atoms with van der Waals surface area (Å²) in [4.78, 5) is 6.61. The van der Waals surface area contributed by atoms with Crippen LogP contribution in [0.5, 0.6) is 0 Å². The van der Waals surface area contributed by atoms with E-state index in [1.165, 1.54) is 39.4 Å². The van der Waals surface area contributed by atoms with Gasteiger partial charge in [-0.05, 0) is 50.8 Å². The number of halogens is 1. The molecule has 126 valence electrons. The van der Waals surface area contributed by atoms with E-state index in [0.717, 1.165) is 28.3 Å². The molecular formula is C19H17BrN4S. The largest absolute Gasteiger partial charge is 0.273 e. The molecule has 0 amide bonds. The van der Waals surface area contributed by atoms with E-state index >= 15 is 0 Å². The Hall–Kier alpha value is -1.79. The topological polar surface area (TPSA) is 43.1 Å². The lowest BCUT2D eigenvalue weighted by Crippen LogP contribution is -2.07. The molecule has 1 aliphatic carbocycles. The quantitative estimate of drug-likeness (QED) is 0.575. The number of aromatic nitrogens is 3. The molecule has 25 heavy (non-hydrogen) atoms. The number of thiophene rings is 1. The van der Waals surface area contributed by atoms with E-state index in [1.807, 2.05) is 18.3 Å². The Labute approximate surface area is 158 Å². The van der Waals surface area contributed by atoms with Gasteiger partial charge in [-0.15, -0.1) is 21.5 Å². The standard InChI is InChI=1S/C19H17BrN4S/c1-10-18-23-22-11(2)24(18)19-16(14-4-3-5-15(14)25-19)17(21-10)12-6-8-13(20)9-7-12/h6-10H,3-5H2,1-2H3/t10-/m0/s1. The second-order valence-electron chi connectivity index (χ2n) is 6.64. The predicted molar refractivity (Wildman–Crippen MR) is 104 cm³/mol. The first kappa shape index (κ1) is 15.5. The van der Waals surface area contributed by atoms with E-state index in [9.17, 15) is 0 Å². The summed E-state index contributed by atoms with van der Waals surface area (Å²) in [6.45, 7) is 4.14. The highest BCUT2D eigenvalue weighted by Gasteiger charge is 2.32. The van der Waals surface area contributed by atoms with Crippen molar-refractivity contribution in [3.05, 3.63) is 62.0 Å². The summed E-state index contributed by atoms with van der Waals surface area (Å²) in [5, 5.41) is 10.00. The maximum atomic E-state index is 5.11. The normalized spacial score (nSPS) is 18.4. The number of nitrogens with zero attached hydrogens (tertiary/aromatic N) is 4. The monoisotopic (exact) mass is 412 g/mol. The van der Waals surface area contributed by atoms with Crippen molar-refractivity contribution in [1.82, 2.24) is 14.8 Å². The molecule has 1 aromatic carbocycles. The van der Waals surface area contributed by atoms with Gasteiger partial charge in [-0.2, -0.15) is 0 Å². The van der Waals surface area contributed by atoms with Crippen LogP contribution in [0, 0.1) is 6.92 Å². The zero-order valence-corrected chi connectivity index (χ0v) is 16.5. The number of fused-ring (bicyclic) bond motifs is 5. The molecule has 4 nitrogen and oxygen atoms in total. The van der Waals surface area contributed by atoms with Gasteiger partial charge in [0, 0.05) is 20.5 Å². The second kappa shape index (κ2) is 5.61. The molecule has 0 radical (unpaired) electrons. The molecule has 1 atom stereocenters. The summed E-state index contributed by atoms with van der Waals surface area (Å²) in [6.07, 6.45) is 3.56. The summed E-state index contributed by atoms with van der Waals surface area (Å²) in [5.41, 5.74) is 5.04. The third-order valence-electron chi connectivity index (χ3n) is 5.01. The Balaban J connectivity index is 1.83. The lowest BCUT2D eigenvalue weighted by Gasteiger charge is -2.10. The first-order valence-electron chi connectivity index (χ1n) is 8.54. The third-order valence-corrected chi connectivity index (χ3v) is 6.81. The lowest BCUT2D eigenvalue weighted by atomic mass is 9.99. The molecule has 0 unspecified atom stereocenters. The van der Waals surface area contributed by atoms with Gasteiger partial charge in [0.25, 0.3) is 0 Å². The average Bonchev–Trinajstić information content (AvgIpc) is 3.25. The van der Waals surface area contributed by atoms with Crippen molar-refractivity contribution in [1.29, 1.82) is 0 Å². The van der Waals surface area contributed by atoms with Gasteiger partial charge in [-0.1, -0.05) is 28.1 Å². The van der Waals surface area contributed by atoms with Crippen molar-refractivity contribution < 1.29 is 0 Å². The Morgan fingerprint density at radius 2 is 1.96 bits per heavy atom.